The molecule has 0 aliphatic carbocycles. The van der Waals surface area contributed by atoms with E-state index in [-0.39, 0.29) is 63.7 Å². The molecule has 0 saturated carbocycles. The monoisotopic (exact) mass is 723 g/mol. The van der Waals surface area contributed by atoms with Gasteiger partial charge >= 0.3 is 11.9 Å². The molecule has 14 heteroatoms. The van der Waals surface area contributed by atoms with Crippen LogP contribution in [-0.4, -0.2) is 57.7 Å². The number of aliphatic hydroxyl groups is 1. The zero-order chi connectivity index (χ0) is 29.3. The Morgan fingerprint density at radius 3 is 2.65 bits per heavy atom. The number of halogens is 2. The Bertz CT molecular complexity index is 1600. The minimum absolute atomic E-state index is 0. The average Bonchev–Trinajstić information content (AvgIpc) is 3.33. The average molecular weight is 725 g/mol. The van der Waals surface area contributed by atoms with Crippen LogP contribution in [0.15, 0.2) is 41.2 Å². The normalized spacial score (nSPS) is 17.7. The molecule has 6 N–H and O–H groups in total. The Kier molecular flexibility index (Phi) is 11.2. The molecule has 0 unspecified atom stereocenters. The highest BCUT2D eigenvalue weighted by Crippen LogP contribution is 2.41. The number of aliphatic hydroxyl groups excluding tert-OH is 1. The summed E-state index contributed by atoms with van der Waals surface area (Å²) in [5, 5.41) is 13.2. The molecule has 2 aliphatic heterocycles. The van der Waals surface area contributed by atoms with Crippen molar-refractivity contribution >= 4 is 62.7 Å². The van der Waals surface area contributed by atoms with Gasteiger partial charge in [0.05, 0.1) is 41.7 Å². The number of carbonyl (C=O) groups excluding carboxylic acids is 3. The van der Waals surface area contributed by atoms with Gasteiger partial charge in [-0.25, -0.2) is 14.6 Å². The fourth-order valence-electron chi connectivity index (χ4n) is 5.42. The lowest BCUT2D eigenvalue weighted by Gasteiger charge is -2.36. The van der Waals surface area contributed by atoms with E-state index in [9.17, 15) is 24.3 Å². The van der Waals surface area contributed by atoms with Crippen molar-refractivity contribution in [1.29, 1.82) is 0 Å². The van der Waals surface area contributed by atoms with Crippen molar-refractivity contribution in [3.05, 3.63) is 63.4 Å². The summed E-state index contributed by atoms with van der Waals surface area (Å²) in [4.78, 5) is 57.6. The number of hydrogen-bond donors (Lipinski definition) is 4. The van der Waals surface area contributed by atoms with Crippen molar-refractivity contribution in [1.82, 2.24) is 14.9 Å². The highest BCUT2D eigenvalue weighted by Gasteiger charge is 2.51. The van der Waals surface area contributed by atoms with E-state index < -0.39 is 42.1 Å². The van der Waals surface area contributed by atoms with Gasteiger partial charge in [-0.15, -0.1) is 34.0 Å². The molecule has 2 aliphatic rings. The first-order chi connectivity index (χ1) is 19.7. The number of unbranched alkanes of at least 4 members (excludes halogenated alkanes) is 1. The Morgan fingerprint density at radius 1 is 1.21 bits per heavy atom. The molecule has 0 radical (unpaired) electrons. The molecule has 0 spiro atoms. The van der Waals surface area contributed by atoms with Crippen LogP contribution in [-0.2, 0) is 42.6 Å². The number of aromatic nitrogens is 2. The summed E-state index contributed by atoms with van der Waals surface area (Å²) in [5.74, 6) is -2.57. The third kappa shape index (κ3) is 6.25. The Balaban J connectivity index is 0.00000253. The minimum atomic E-state index is -1.97. The van der Waals surface area contributed by atoms with E-state index in [4.69, 9.17) is 25.9 Å². The van der Waals surface area contributed by atoms with Gasteiger partial charge in [0.25, 0.3) is 5.56 Å². The molecule has 4 heterocycles. The smallest absolute Gasteiger partial charge is 0.355 e. The summed E-state index contributed by atoms with van der Waals surface area (Å²) in [6.45, 7) is 1.30. The molecular formula is C29H35Br2N5O7. The Labute approximate surface area is 268 Å². The van der Waals surface area contributed by atoms with Crippen molar-refractivity contribution < 1.29 is 29.0 Å². The predicted octanol–water partition coefficient (Wildman–Crippen LogP) is 1.72. The van der Waals surface area contributed by atoms with E-state index in [2.05, 4.69) is 5.32 Å². The summed E-state index contributed by atoms with van der Waals surface area (Å²) < 4.78 is 12.7. The van der Waals surface area contributed by atoms with Crippen LogP contribution in [0.25, 0.3) is 22.3 Å². The van der Waals surface area contributed by atoms with Gasteiger partial charge in [-0.3, -0.25) is 9.59 Å². The van der Waals surface area contributed by atoms with Crippen molar-refractivity contribution in [2.45, 2.75) is 63.4 Å². The molecular weight excluding hydrogens is 690 g/mol. The molecule has 0 saturated heterocycles. The molecule has 1 aromatic carbocycles. The fraction of sp³-hybridized carbons (Fsp3) is 0.414. The number of rotatable bonds is 10. The molecule has 3 aromatic rings. The first-order valence-electron chi connectivity index (χ1n) is 13.7. The lowest BCUT2D eigenvalue weighted by atomic mass is 9.85. The maximum Gasteiger partial charge on any atom is 0.355 e. The van der Waals surface area contributed by atoms with Gasteiger partial charge < -0.3 is 35.9 Å². The van der Waals surface area contributed by atoms with Gasteiger partial charge in [0.15, 0.2) is 6.04 Å². The molecule has 5 rings (SSSR count). The molecule has 232 valence electrons. The van der Waals surface area contributed by atoms with E-state index in [0.717, 1.165) is 16.5 Å². The number of cyclic esters (lactones) is 1. The quantitative estimate of drug-likeness (QED) is 0.139. The zero-order valence-electron chi connectivity index (χ0n) is 23.5. The van der Waals surface area contributed by atoms with Crippen LogP contribution in [0.3, 0.4) is 0 Å². The Hall–Kier alpha value is -3.17. The number of ether oxygens (including phenoxy) is 2. The topological polar surface area (TPSA) is 189 Å². The fourth-order valence-corrected chi connectivity index (χ4v) is 5.42. The summed E-state index contributed by atoms with van der Waals surface area (Å²) in [6, 6.07) is 8.82. The lowest BCUT2D eigenvalue weighted by molar-refractivity contribution is -0.191. The first-order valence-corrected chi connectivity index (χ1v) is 13.7. The predicted molar refractivity (Wildman–Crippen MR) is 169 cm³/mol. The number of nitrogens with zero attached hydrogens (tertiary/aromatic N) is 2. The largest absolute Gasteiger partial charge is 0.457 e. The number of amides is 1. The number of benzene rings is 1. The molecule has 1 amide bonds. The van der Waals surface area contributed by atoms with Crippen molar-refractivity contribution in [2.75, 3.05) is 13.2 Å². The maximum atomic E-state index is 13.7. The number of esters is 2. The molecule has 43 heavy (non-hydrogen) atoms. The van der Waals surface area contributed by atoms with E-state index in [0.29, 0.717) is 43.7 Å². The van der Waals surface area contributed by atoms with Crippen LogP contribution >= 0.6 is 34.0 Å². The molecule has 12 nitrogen and oxygen atoms in total. The van der Waals surface area contributed by atoms with Gasteiger partial charge in [-0.2, -0.15) is 0 Å². The highest BCUT2D eigenvalue weighted by molar-refractivity contribution is 8.93. The Morgan fingerprint density at radius 2 is 1.95 bits per heavy atom. The van der Waals surface area contributed by atoms with Crippen molar-refractivity contribution in [3.63, 3.8) is 0 Å². The van der Waals surface area contributed by atoms with Crippen LogP contribution in [0.4, 0.5) is 0 Å². The number of carbonyl (C=O) groups is 3. The molecule has 0 bridgehead atoms. The minimum Gasteiger partial charge on any atom is -0.457 e. The second-order valence-corrected chi connectivity index (χ2v) is 10.3. The van der Waals surface area contributed by atoms with Crippen molar-refractivity contribution in [3.8, 4) is 11.4 Å². The van der Waals surface area contributed by atoms with Crippen LogP contribution in [0.2, 0.25) is 0 Å². The number of fused-ring (bicyclic) bond motifs is 5. The van der Waals surface area contributed by atoms with Gasteiger partial charge in [-0.05, 0) is 44.0 Å². The van der Waals surface area contributed by atoms with Crippen LogP contribution in [0.1, 0.15) is 49.3 Å². The van der Waals surface area contributed by atoms with E-state index in [1.54, 1.807) is 17.6 Å². The zero-order valence-corrected chi connectivity index (χ0v) is 27.0. The number of nitrogens with one attached hydrogen (secondary N) is 1. The number of para-hydroxylation sites is 1. The van der Waals surface area contributed by atoms with Crippen LogP contribution in [0.5, 0.6) is 0 Å². The highest BCUT2D eigenvalue weighted by atomic mass is 79.9. The van der Waals surface area contributed by atoms with Gasteiger partial charge in [0.1, 0.15) is 6.61 Å². The van der Waals surface area contributed by atoms with Gasteiger partial charge in [0.2, 0.25) is 11.5 Å². The third-order valence-electron chi connectivity index (χ3n) is 7.75. The van der Waals surface area contributed by atoms with Gasteiger partial charge in [0, 0.05) is 16.5 Å². The van der Waals surface area contributed by atoms with E-state index in [1.165, 1.54) is 0 Å². The second-order valence-electron chi connectivity index (χ2n) is 10.3. The summed E-state index contributed by atoms with van der Waals surface area (Å²) in [5.41, 5.74) is 12.1. The summed E-state index contributed by atoms with van der Waals surface area (Å²) >= 11 is 0. The first kappa shape index (κ1) is 34.3. The van der Waals surface area contributed by atoms with Crippen LogP contribution < -0.4 is 22.3 Å². The lowest BCUT2D eigenvalue weighted by Crippen LogP contribution is -2.54. The maximum absolute atomic E-state index is 13.7. The van der Waals surface area contributed by atoms with Gasteiger partial charge in [-0.1, -0.05) is 31.5 Å². The molecule has 2 aromatic heterocycles. The number of nitrogens with two attached hydrogens (primary N) is 2. The number of hydrogen-bond acceptors (Lipinski definition) is 10. The standard InChI is InChI=1S/C29H33N5O7.2BrH/c1-2-29(41-27(38)22(14-35)33-25(36)20(31)8-5-6-10-30)19-12-23-24-17(11-16-7-3-4-9-21(16)32-24)13-34(23)26(37)18(19)15-40-28(29)39;;/h3-4,7,9,11-12,20,22,35H,2,5-6,8,10,13-15,30-31H2,1H3,(H,33,36);2*1H/t20-,22-,29-;;/m0../s1. The summed E-state index contributed by atoms with van der Waals surface area (Å²) in [6.07, 6.45) is 1.59. The van der Waals surface area contributed by atoms with E-state index >= 15 is 0 Å². The third-order valence-corrected chi connectivity index (χ3v) is 7.75. The second kappa shape index (κ2) is 14.1. The SMILES string of the molecule is Br.Br.CC[C@@]1(OC(=O)[C@H](CO)NC(=O)[C@@H](N)CCCCN)C(=O)OCc2c1cc1n(c2=O)Cc2cc3ccccc3nc2-1. The number of pyridine rings is 2. The van der Waals surface area contributed by atoms with Crippen LogP contribution in [0, 0.1) is 0 Å². The molecule has 3 atom stereocenters. The molecule has 0 fully saturated rings. The van der Waals surface area contributed by atoms with E-state index in [1.807, 2.05) is 30.3 Å². The summed E-state index contributed by atoms with van der Waals surface area (Å²) in [7, 11) is 0. The van der Waals surface area contributed by atoms with Crippen molar-refractivity contribution in [2.24, 2.45) is 11.5 Å².